The standard InChI is InChI=1S/C18H19NO3/c1-12(18(21)22)11-19(16-8-9-16)17(20)15-7-6-13-4-2-3-5-14(13)10-15/h2-7,10,12,16H,8-9,11H2,1H3,(H,21,22). The fraction of sp³-hybridized carbons (Fsp3) is 0.333. The summed E-state index contributed by atoms with van der Waals surface area (Å²) in [6.07, 6.45) is 1.93. The Hall–Kier alpha value is -2.36. The first-order valence-electron chi connectivity index (χ1n) is 7.59. The molecule has 1 aliphatic carbocycles. The summed E-state index contributed by atoms with van der Waals surface area (Å²) in [6.45, 7) is 1.91. The Labute approximate surface area is 129 Å². The van der Waals surface area contributed by atoms with E-state index in [2.05, 4.69) is 0 Å². The Morgan fingerprint density at radius 3 is 2.50 bits per heavy atom. The second-order valence-electron chi connectivity index (χ2n) is 5.99. The van der Waals surface area contributed by atoms with E-state index in [0.717, 1.165) is 23.6 Å². The van der Waals surface area contributed by atoms with Gasteiger partial charge in [-0.05, 0) is 35.7 Å². The van der Waals surface area contributed by atoms with Gasteiger partial charge in [-0.25, -0.2) is 0 Å². The molecule has 1 atom stereocenters. The number of carbonyl (C=O) groups is 2. The second kappa shape index (κ2) is 5.79. The minimum absolute atomic E-state index is 0.0682. The van der Waals surface area contributed by atoms with Gasteiger partial charge in [0.2, 0.25) is 0 Å². The molecular formula is C18H19NO3. The average Bonchev–Trinajstić information content (AvgIpc) is 3.35. The van der Waals surface area contributed by atoms with Crippen molar-refractivity contribution in [2.75, 3.05) is 6.54 Å². The highest BCUT2D eigenvalue weighted by Gasteiger charge is 2.34. The maximum Gasteiger partial charge on any atom is 0.308 e. The lowest BCUT2D eigenvalue weighted by molar-refractivity contribution is -0.141. The van der Waals surface area contributed by atoms with Crippen LogP contribution in [0.25, 0.3) is 10.8 Å². The summed E-state index contributed by atoms with van der Waals surface area (Å²) >= 11 is 0. The molecule has 0 aliphatic heterocycles. The van der Waals surface area contributed by atoms with Crippen molar-refractivity contribution < 1.29 is 14.7 Å². The molecule has 2 aromatic carbocycles. The molecular weight excluding hydrogens is 278 g/mol. The van der Waals surface area contributed by atoms with E-state index < -0.39 is 11.9 Å². The Balaban J connectivity index is 1.86. The van der Waals surface area contributed by atoms with E-state index in [9.17, 15) is 9.59 Å². The van der Waals surface area contributed by atoms with E-state index >= 15 is 0 Å². The van der Waals surface area contributed by atoms with E-state index in [-0.39, 0.29) is 18.5 Å². The highest BCUT2D eigenvalue weighted by Crippen LogP contribution is 2.29. The first kappa shape index (κ1) is 14.6. The molecule has 0 spiro atoms. The molecule has 3 rings (SSSR count). The smallest absolute Gasteiger partial charge is 0.308 e. The number of carbonyl (C=O) groups excluding carboxylic acids is 1. The van der Waals surface area contributed by atoms with Crippen LogP contribution >= 0.6 is 0 Å². The second-order valence-corrected chi connectivity index (χ2v) is 5.99. The highest BCUT2D eigenvalue weighted by atomic mass is 16.4. The Morgan fingerprint density at radius 1 is 1.18 bits per heavy atom. The molecule has 1 amide bonds. The SMILES string of the molecule is CC(CN(C(=O)c1ccc2ccccc2c1)C1CC1)C(=O)O. The molecule has 1 N–H and O–H groups in total. The third-order valence-electron chi connectivity index (χ3n) is 4.14. The monoisotopic (exact) mass is 297 g/mol. The molecule has 2 aromatic rings. The number of hydrogen-bond donors (Lipinski definition) is 1. The molecule has 0 aromatic heterocycles. The van der Waals surface area contributed by atoms with Gasteiger partial charge in [0, 0.05) is 18.2 Å². The molecule has 1 saturated carbocycles. The van der Waals surface area contributed by atoms with E-state index in [4.69, 9.17) is 5.11 Å². The zero-order valence-corrected chi connectivity index (χ0v) is 12.5. The van der Waals surface area contributed by atoms with Crippen molar-refractivity contribution in [2.24, 2.45) is 5.92 Å². The number of fused-ring (bicyclic) bond motifs is 1. The van der Waals surface area contributed by atoms with Gasteiger partial charge in [0.05, 0.1) is 5.92 Å². The van der Waals surface area contributed by atoms with Gasteiger partial charge in [0.15, 0.2) is 0 Å². The predicted molar refractivity (Wildman–Crippen MR) is 84.8 cm³/mol. The van der Waals surface area contributed by atoms with Crippen LogP contribution < -0.4 is 0 Å². The maximum absolute atomic E-state index is 12.8. The van der Waals surface area contributed by atoms with Gasteiger partial charge in [-0.3, -0.25) is 9.59 Å². The van der Waals surface area contributed by atoms with Crippen LogP contribution in [-0.2, 0) is 4.79 Å². The molecule has 1 fully saturated rings. The lowest BCUT2D eigenvalue weighted by atomic mass is 10.1. The summed E-state index contributed by atoms with van der Waals surface area (Å²) in [5, 5.41) is 11.2. The van der Waals surface area contributed by atoms with Gasteiger partial charge in [-0.2, -0.15) is 0 Å². The number of rotatable bonds is 5. The van der Waals surface area contributed by atoms with Crippen LogP contribution in [0.3, 0.4) is 0 Å². The lowest BCUT2D eigenvalue weighted by Crippen LogP contribution is -2.38. The molecule has 0 saturated heterocycles. The summed E-state index contributed by atoms with van der Waals surface area (Å²) in [4.78, 5) is 25.6. The van der Waals surface area contributed by atoms with E-state index in [1.807, 2.05) is 42.5 Å². The van der Waals surface area contributed by atoms with Gasteiger partial charge in [-0.15, -0.1) is 0 Å². The number of amides is 1. The molecule has 1 aliphatic rings. The summed E-state index contributed by atoms with van der Waals surface area (Å²) in [5.41, 5.74) is 0.628. The van der Waals surface area contributed by atoms with Crippen molar-refractivity contribution >= 4 is 22.6 Å². The zero-order chi connectivity index (χ0) is 15.7. The molecule has 22 heavy (non-hydrogen) atoms. The lowest BCUT2D eigenvalue weighted by Gasteiger charge is -2.24. The summed E-state index contributed by atoms with van der Waals surface area (Å²) in [7, 11) is 0. The number of carboxylic acid groups (broad SMARTS) is 1. The summed E-state index contributed by atoms with van der Waals surface area (Å²) in [6, 6.07) is 13.7. The van der Waals surface area contributed by atoms with Gasteiger partial charge in [0.1, 0.15) is 0 Å². The molecule has 0 bridgehead atoms. The molecule has 114 valence electrons. The fourth-order valence-corrected chi connectivity index (χ4v) is 2.65. The van der Waals surface area contributed by atoms with Gasteiger partial charge < -0.3 is 10.0 Å². The van der Waals surface area contributed by atoms with Crippen LogP contribution in [-0.4, -0.2) is 34.5 Å². The van der Waals surface area contributed by atoms with Gasteiger partial charge in [0.25, 0.3) is 5.91 Å². The van der Waals surface area contributed by atoms with E-state index in [0.29, 0.717) is 5.56 Å². The minimum Gasteiger partial charge on any atom is -0.481 e. The van der Waals surface area contributed by atoms with Crippen LogP contribution in [0, 0.1) is 5.92 Å². The zero-order valence-electron chi connectivity index (χ0n) is 12.5. The third-order valence-corrected chi connectivity index (χ3v) is 4.14. The third kappa shape index (κ3) is 2.96. The first-order chi connectivity index (χ1) is 10.6. The highest BCUT2D eigenvalue weighted by molar-refractivity contribution is 5.99. The Bertz CT molecular complexity index is 721. The van der Waals surface area contributed by atoms with Crippen molar-refractivity contribution in [1.29, 1.82) is 0 Å². The maximum atomic E-state index is 12.8. The topological polar surface area (TPSA) is 57.6 Å². The largest absolute Gasteiger partial charge is 0.481 e. The number of aliphatic carboxylic acids is 1. The number of nitrogens with zero attached hydrogens (tertiary/aromatic N) is 1. The van der Waals surface area contributed by atoms with Crippen LogP contribution in [0.2, 0.25) is 0 Å². The van der Waals surface area contributed by atoms with Crippen LogP contribution in [0.15, 0.2) is 42.5 Å². The Morgan fingerprint density at radius 2 is 1.86 bits per heavy atom. The van der Waals surface area contributed by atoms with E-state index in [1.54, 1.807) is 11.8 Å². The Kier molecular flexibility index (Phi) is 3.84. The quantitative estimate of drug-likeness (QED) is 0.922. The summed E-state index contributed by atoms with van der Waals surface area (Å²) in [5.74, 6) is -1.48. The van der Waals surface area contributed by atoms with Crippen molar-refractivity contribution in [3.05, 3.63) is 48.0 Å². The average molecular weight is 297 g/mol. The predicted octanol–water partition coefficient (Wildman–Crippen LogP) is 3.17. The van der Waals surface area contributed by atoms with Gasteiger partial charge >= 0.3 is 5.97 Å². The number of benzene rings is 2. The van der Waals surface area contributed by atoms with Crippen molar-refractivity contribution in [3.63, 3.8) is 0 Å². The minimum atomic E-state index is -0.864. The number of hydrogen-bond acceptors (Lipinski definition) is 2. The van der Waals surface area contributed by atoms with Crippen LogP contribution in [0.5, 0.6) is 0 Å². The normalized spacial score (nSPS) is 15.5. The molecule has 4 nitrogen and oxygen atoms in total. The van der Waals surface area contributed by atoms with E-state index in [1.165, 1.54) is 0 Å². The molecule has 0 heterocycles. The van der Waals surface area contributed by atoms with Crippen LogP contribution in [0.1, 0.15) is 30.1 Å². The molecule has 4 heteroatoms. The van der Waals surface area contributed by atoms with Crippen LogP contribution in [0.4, 0.5) is 0 Å². The van der Waals surface area contributed by atoms with Crippen molar-refractivity contribution in [1.82, 2.24) is 4.90 Å². The number of carboxylic acids is 1. The first-order valence-corrected chi connectivity index (χ1v) is 7.59. The molecule has 1 unspecified atom stereocenters. The van der Waals surface area contributed by atoms with Crippen molar-refractivity contribution in [2.45, 2.75) is 25.8 Å². The fourth-order valence-electron chi connectivity index (χ4n) is 2.65. The van der Waals surface area contributed by atoms with Crippen molar-refractivity contribution in [3.8, 4) is 0 Å². The summed E-state index contributed by atoms with van der Waals surface area (Å²) < 4.78 is 0. The van der Waals surface area contributed by atoms with Gasteiger partial charge in [-0.1, -0.05) is 37.3 Å². The molecule has 0 radical (unpaired) electrons.